The molecule has 0 saturated carbocycles. The van der Waals surface area contributed by atoms with Gasteiger partial charge >= 0.3 is 0 Å². The second kappa shape index (κ2) is 11.2. The summed E-state index contributed by atoms with van der Waals surface area (Å²) < 4.78 is 7.42. The van der Waals surface area contributed by atoms with Gasteiger partial charge in [0, 0.05) is 4.47 Å². The van der Waals surface area contributed by atoms with Crippen LogP contribution < -0.4 is 10.2 Å². The molecule has 2 rings (SSSR count). The fraction of sp³-hybridized carbons (Fsp3) is 0.333. The molecule has 0 bridgehead atoms. The summed E-state index contributed by atoms with van der Waals surface area (Å²) in [7, 11) is 0. The maximum atomic E-state index is 12.2. The van der Waals surface area contributed by atoms with Crippen LogP contribution in [0.5, 0.6) is 5.75 Å². The van der Waals surface area contributed by atoms with Crippen LogP contribution in [0.15, 0.2) is 56.5 Å². The Bertz CT molecular complexity index is 769. The van der Waals surface area contributed by atoms with Gasteiger partial charge in [-0.2, -0.15) is 5.10 Å². The third-order valence-corrected chi connectivity index (χ3v) is 5.03. The monoisotopic (exact) mass is 494 g/mol. The van der Waals surface area contributed by atoms with Gasteiger partial charge in [-0.25, -0.2) is 5.43 Å². The number of rotatable bonds is 9. The standard InChI is InChI=1S/C21H24Br2N2O2/c1-3-4-6-11-19(16-9-7-5-8-10-16)24-25-20(26)14-27-21-15(2)12-17(22)13-18(21)23/h5,7-10,12-13H,3-4,6,11,14H2,1-2H3,(H,25,26). The van der Waals surface area contributed by atoms with Crippen molar-refractivity contribution in [1.29, 1.82) is 0 Å². The van der Waals surface area contributed by atoms with Gasteiger partial charge in [-0.1, -0.05) is 66.0 Å². The SMILES string of the molecule is CCCCCC(=NNC(=O)COc1c(C)cc(Br)cc1Br)c1ccccc1. The Balaban J connectivity index is 1.99. The van der Waals surface area contributed by atoms with Gasteiger partial charge < -0.3 is 4.74 Å². The van der Waals surface area contributed by atoms with Crippen molar-refractivity contribution in [3.63, 3.8) is 0 Å². The molecule has 27 heavy (non-hydrogen) atoms. The van der Waals surface area contributed by atoms with E-state index >= 15 is 0 Å². The molecular formula is C21H24Br2N2O2. The molecule has 0 aliphatic rings. The van der Waals surface area contributed by atoms with Gasteiger partial charge in [0.25, 0.3) is 5.91 Å². The highest BCUT2D eigenvalue weighted by molar-refractivity contribution is 9.11. The lowest BCUT2D eigenvalue weighted by Crippen LogP contribution is -2.26. The van der Waals surface area contributed by atoms with E-state index in [0.717, 1.165) is 51.5 Å². The number of unbranched alkanes of at least 4 members (excludes halogenated alkanes) is 2. The summed E-state index contributed by atoms with van der Waals surface area (Å²) in [6.07, 6.45) is 4.15. The van der Waals surface area contributed by atoms with Crippen LogP contribution >= 0.6 is 31.9 Å². The number of carbonyl (C=O) groups excluding carboxylic acids is 1. The number of ether oxygens (including phenoxy) is 1. The van der Waals surface area contributed by atoms with Crippen LogP contribution in [0.1, 0.15) is 43.7 Å². The van der Waals surface area contributed by atoms with Crippen LogP contribution in [0.2, 0.25) is 0 Å². The predicted octanol–water partition coefficient (Wildman–Crippen LogP) is 6.00. The first-order valence-corrected chi connectivity index (χ1v) is 10.6. The van der Waals surface area contributed by atoms with Crippen LogP contribution in [-0.2, 0) is 4.79 Å². The lowest BCUT2D eigenvalue weighted by molar-refractivity contribution is -0.123. The first-order chi connectivity index (χ1) is 13.0. The van der Waals surface area contributed by atoms with Gasteiger partial charge in [0.05, 0.1) is 10.2 Å². The molecule has 0 aromatic heterocycles. The first-order valence-electron chi connectivity index (χ1n) is 9.00. The number of halogens is 2. The van der Waals surface area contributed by atoms with E-state index in [1.54, 1.807) is 0 Å². The highest BCUT2D eigenvalue weighted by Gasteiger charge is 2.10. The van der Waals surface area contributed by atoms with Gasteiger partial charge in [0.2, 0.25) is 0 Å². The Morgan fingerprint density at radius 3 is 2.56 bits per heavy atom. The molecule has 0 aliphatic heterocycles. The minimum absolute atomic E-state index is 0.0956. The molecule has 0 fully saturated rings. The number of nitrogens with one attached hydrogen (secondary N) is 1. The lowest BCUT2D eigenvalue weighted by Gasteiger charge is -2.11. The van der Waals surface area contributed by atoms with Gasteiger partial charge in [-0.15, -0.1) is 0 Å². The Kier molecular flexibility index (Phi) is 9.01. The second-order valence-corrected chi connectivity index (χ2v) is 8.01. The second-order valence-electron chi connectivity index (χ2n) is 6.24. The number of nitrogens with zero attached hydrogens (tertiary/aromatic N) is 1. The number of hydrazone groups is 1. The van der Waals surface area contributed by atoms with E-state index in [9.17, 15) is 4.79 Å². The first kappa shape index (κ1) is 21.6. The summed E-state index contributed by atoms with van der Waals surface area (Å²) in [5, 5.41) is 4.35. The average Bonchev–Trinajstić information content (AvgIpc) is 2.64. The quantitative estimate of drug-likeness (QED) is 0.263. The van der Waals surface area contributed by atoms with Gasteiger partial charge in [-0.3, -0.25) is 4.79 Å². The lowest BCUT2D eigenvalue weighted by atomic mass is 10.0. The Labute approximate surface area is 177 Å². The van der Waals surface area contributed by atoms with Crippen molar-refractivity contribution >= 4 is 43.5 Å². The van der Waals surface area contributed by atoms with Gasteiger partial charge in [-0.05, 0) is 59.0 Å². The summed E-state index contributed by atoms with van der Waals surface area (Å²) >= 11 is 6.90. The van der Waals surface area contributed by atoms with E-state index < -0.39 is 0 Å². The Morgan fingerprint density at radius 1 is 1.15 bits per heavy atom. The van der Waals surface area contributed by atoms with Crippen LogP contribution in [0.4, 0.5) is 0 Å². The van der Waals surface area contributed by atoms with Crippen LogP contribution in [0.3, 0.4) is 0 Å². The number of carbonyl (C=O) groups is 1. The highest BCUT2D eigenvalue weighted by atomic mass is 79.9. The zero-order valence-electron chi connectivity index (χ0n) is 15.6. The molecule has 6 heteroatoms. The Morgan fingerprint density at radius 2 is 1.89 bits per heavy atom. The van der Waals surface area contributed by atoms with E-state index in [0.29, 0.717) is 5.75 Å². The maximum absolute atomic E-state index is 12.2. The molecule has 2 aromatic rings. The number of hydrogen-bond acceptors (Lipinski definition) is 3. The van der Waals surface area contributed by atoms with Crippen molar-refractivity contribution in [2.24, 2.45) is 5.10 Å². The van der Waals surface area contributed by atoms with Gasteiger partial charge in [0.1, 0.15) is 5.75 Å². The van der Waals surface area contributed by atoms with E-state index in [4.69, 9.17) is 4.74 Å². The van der Waals surface area contributed by atoms with E-state index in [1.807, 2.05) is 49.4 Å². The fourth-order valence-corrected chi connectivity index (χ4v) is 4.16. The molecule has 0 radical (unpaired) electrons. The summed E-state index contributed by atoms with van der Waals surface area (Å²) in [5.41, 5.74) is 5.49. The fourth-order valence-electron chi connectivity index (χ4n) is 2.61. The molecule has 1 amide bonds. The van der Waals surface area contributed by atoms with Crippen molar-refractivity contribution in [3.8, 4) is 5.75 Å². The normalized spacial score (nSPS) is 11.3. The molecule has 0 spiro atoms. The van der Waals surface area contributed by atoms with Crippen LogP contribution in [0.25, 0.3) is 0 Å². The van der Waals surface area contributed by atoms with Crippen molar-refractivity contribution < 1.29 is 9.53 Å². The molecule has 0 atom stereocenters. The molecule has 0 unspecified atom stereocenters. The zero-order chi connectivity index (χ0) is 19.6. The van der Waals surface area contributed by atoms with Crippen molar-refractivity contribution in [2.75, 3.05) is 6.61 Å². The molecule has 0 saturated heterocycles. The third-order valence-electron chi connectivity index (χ3n) is 3.98. The molecule has 1 N–H and O–H groups in total. The molecular weight excluding hydrogens is 472 g/mol. The zero-order valence-corrected chi connectivity index (χ0v) is 18.8. The van der Waals surface area contributed by atoms with E-state index in [-0.39, 0.29) is 12.5 Å². The molecule has 0 aliphatic carbocycles. The minimum Gasteiger partial charge on any atom is -0.482 e. The third kappa shape index (κ3) is 7.11. The maximum Gasteiger partial charge on any atom is 0.277 e. The predicted molar refractivity (Wildman–Crippen MR) is 117 cm³/mol. The number of amides is 1. The largest absolute Gasteiger partial charge is 0.482 e. The summed E-state index contributed by atoms with van der Waals surface area (Å²) in [6.45, 7) is 4.00. The smallest absolute Gasteiger partial charge is 0.277 e. The summed E-state index contributed by atoms with van der Waals surface area (Å²) in [5.74, 6) is 0.372. The number of benzene rings is 2. The van der Waals surface area contributed by atoms with Crippen molar-refractivity contribution in [3.05, 3.63) is 62.5 Å². The Hall–Kier alpha value is -1.66. The molecule has 2 aromatic carbocycles. The molecule has 4 nitrogen and oxygen atoms in total. The van der Waals surface area contributed by atoms with E-state index in [2.05, 4.69) is 49.3 Å². The average molecular weight is 496 g/mol. The summed E-state index contributed by atoms with van der Waals surface area (Å²) in [6, 6.07) is 13.8. The molecule has 144 valence electrons. The van der Waals surface area contributed by atoms with E-state index in [1.165, 1.54) is 0 Å². The van der Waals surface area contributed by atoms with Crippen molar-refractivity contribution in [2.45, 2.75) is 39.5 Å². The minimum atomic E-state index is -0.284. The molecule has 0 heterocycles. The highest BCUT2D eigenvalue weighted by Crippen LogP contribution is 2.32. The van der Waals surface area contributed by atoms with Gasteiger partial charge in [0.15, 0.2) is 6.61 Å². The summed E-state index contributed by atoms with van der Waals surface area (Å²) in [4.78, 5) is 12.2. The van der Waals surface area contributed by atoms with Crippen LogP contribution in [-0.4, -0.2) is 18.2 Å². The van der Waals surface area contributed by atoms with Crippen LogP contribution in [0, 0.1) is 6.92 Å². The number of aryl methyl sites for hydroxylation is 1. The van der Waals surface area contributed by atoms with Crippen molar-refractivity contribution in [1.82, 2.24) is 5.43 Å². The number of hydrogen-bond donors (Lipinski definition) is 1. The topological polar surface area (TPSA) is 50.7 Å².